The van der Waals surface area contributed by atoms with Gasteiger partial charge in [0.15, 0.2) is 22.5 Å². The first-order valence-electron chi connectivity index (χ1n) is 8.05. The van der Waals surface area contributed by atoms with Gasteiger partial charge in [-0.2, -0.15) is 0 Å². The maximum absolute atomic E-state index is 6.26. The Labute approximate surface area is 165 Å². The summed E-state index contributed by atoms with van der Waals surface area (Å²) in [5, 5.41) is 10.9. The summed E-state index contributed by atoms with van der Waals surface area (Å²) in [5.41, 5.74) is 1.95. The van der Waals surface area contributed by atoms with E-state index in [0.29, 0.717) is 15.8 Å². The summed E-state index contributed by atoms with van der Waals surface area (Å²) in [6, 6.07) is 11.3. The number of rotatable bonds is 5. The molecule has 0 amide bonds. The van der Waals surface area contributed by atoms with Gasteiger partial charge in [-0.1, -0.05) is 41.0 Å². The first kappa shape index (κ1) is 17.5. The Hall–Kier alpha value is -1.89. The molecule has 0 N–H and O–H groups in total. The molecule has 0 aliphatic carbocycles. The second kappa shape index (κ2) is 7.39. The van der Waals surface area contributed by atoms with Crippen molar-refractivity contribution in [3.05, 3.63) is 52.0 Å². The summed E-state index contributed by atoms with van der Waals surface area (Å²) in [5.74, 6) is 2.98. The SMILES string of the molecule is CCn1c(SCc2ccc(Cl)cc2Cl)nnc1-c1ccc2c(c1)OCO2. The van der Waals surface area contributed by atoms with Crippen molar-refractivity contribution in [1.82, 2.24) is 14.8 Å². The van der Waals surface area contributed by atoms with Crippen molar-refractivity contribution >= 4 is 35.0 Å². The maximum atomic E-state index is 6.26. The van der Waals surface area contributed by atoms with E-state index in [1.807, 2.05) is 30.3 Å². The highest BCUT2D eigenvalue weighted by molar-refractivity contribution is 7.98. The van der Waals surface area contributed by atoms with Crippen molar-refractivity contribution in [1.29, 1.82) is 0 Å². The lowest BCUT2D eigenvalue weighted by Crippen LogP contribution is -2.00. The molecule has 3 aromatic rings. The molecular formula is C18H15Cl2N3O2S. The fraction of sp³-hybridized carbons (Fsp3) is 0.222. The zero-order valence-electron chi connectivity index (χ0n) is 13.9. The minimum atomic E-state index is 0.252. The standard InChI is InChI=1S/C18H15Cl2N3O2S/c1-2-23-17(11-4-6-15-16(7-11)25-10-24-15)21-22-18(23)26-9-12-3-5-13(19)8-14(12)20/h3-8H,2,9-10H2,1H3. The lowest BCUT2D eigenvalue weighted by molar-refractivity contribution is 0.174. The van der Waals surface area contributed by atoms with Gasteiger partial charge in [-0.15, -0.1) is 10.2 Å². The molecule has 1 aromatic heterocycles. The lowest BCUT2D eigenvalue weighted by atomic mass is 10.2. The summed E-state index contributed by atoms with van der Waals surface area (Å²) in [6.07, 6.45) is 0. The van der Waals surface area contributed by atoms with E-state index in [0.717, 1.165) is 40.2 Å². The zero-order chi connectivity index (χ0) is 18.1. The molecule has 5 nitrogen and oxygen atoms in total. The van der Waals surface area contributed by atoms with Gasteiger partial charge in [-0.05, 0) is 42.8 Å². The maximum Gasteiger partial charge on any atom is 0.231 e. The van der Waals surface area contributed by atoms with Crippen LogP contribution in [0.3, 0.4) is 0 Å². The van der Waals surface area contributed by atoms with Gasteiger partial charge in [0.25, 0.3) is 0 Å². The van der Waals surface area contributed by atoms with Crippen molar-refractivity contribution in [3.63, 3.8) is 0 Å². The predicted molar refractivity (Wildman–Crippen MR) is 103 cm³/mol. The number of fused-ring (bicyclic) bond motifs is 1. The molecule has 0 spiro atoms. The Bertz CT molecular complexity index is 962. The van der Waals surface area contributed by atoms with Crippen LogP contribution in [0.2, 0.25) is 10.0 Å². The number of halogens is 2. The van der Waals surface area contributed by atoms with E-state index in [1.54, 1.807) is 17.8 Å². The van der Waals surface area contributed by atoms with Crippen molar-refractivity contribution < 1.29 is 9.47 Å². The second-order valence-electron chi connectivity index (χ2n) is 5.64. The van der Waals surface area contributed by atoms with E-state index in [9.17, 15) is 0 Å². The van der Waals surface area contributed by atoms with Crippen molar-refractivity contribution in [2.75, 3.05) is 6.79 Å². The van der Waals surface area contributed by atoms with Gasteiger partial charge in [0.2, 0.25) is 6.79 Å². The smallest absolute Gasteiger partial charge is 0.231 e. The summed E-state index contributed by atoms with van der Waals surface area (Å²) in [6.45, 7) is 3.08. The van der Waals surface area contributed by atoms with Crippen LogP contribution in [-0.2, 0) is 12.3 Å². The molecule has 0 radical (unpaired) electrons. The highest BCUT2D eigenvalue weighted by atomic mass is 35.5. The van der Waals surface area contributed by atoms with Crippen LogP contribution in [0, 0.1) is 0 Å². The molecule has 1 aliphatic heterocycles. The Morgan fingerprint density at radius 3 is 2.73 bits per heavy atom. The quantitative estimate of drug-likeness (QED) is 0.537. The van der Waals surface area contributed by atoms with Gasteiger partial charge >= 0.3 is 0 Å². The highest BCUT2D eigenvalue weighted by Crippen LogP contribution is 2.36. The van der Waals surface area contributed by atoms with Crippen LogP contribution < -0.4 is 9.47 Å². The molecular weight excluding hydrogens is 393 g/mol. The van der Waals surface area contributed by atoms with Gasteiger partial charge in [0.1, 0.15) is 0 Å². The van der Waals surface area contributed by atoms with Crippen molar-refractivity contribution in [3.8, 4) is 22.9 Å². The summed E-state index contributed by atoms with van der Waals surface area (Å²) < 4.78 is 12.9. The summed E-state index contributed by atoms with van der Waals surface area (Å²) in [4.78, 5) is 0. The number of benzene rings is 2. The topological polar surface area (TPSA) is 49.2 Å². The normalized spacial score (nSPS) is 12.6. The molecule has 8 heteroatoms. The third-order valence-electron chi connectivity index (χ3n) is 4.04. The molecule has 0 atom stereocenters. The number of hydrogen-bond donors (Lipinski definition) is 0. The van der Waals surface area contributed by atoms with Gasteiger partial charge in [-0.25, -0.2) is 0 Å². The van der Waals surface area contributed by atoms with Crippen LogP contribution in [0.15, 0.2) is 41.6 Å². The average molecular weight is 408 g/mol. The Balaban J connectivity index is 1.58. The van der Waals surface area contributed by atoms with Crippen molar-refractivity contribution in [2.24, 2.45) is 0 Å². The number of nitrogens with zero attached hydrogens (tertiary/aromatic N) is 3. The lowest BCUT2D eigenvalue weighted by Gasteiger charge is -2.08. The molecule has 2 aromatic carbocycles. The number of aromatic nitrogens is 3. The van der Waals surface area contributed by atoms with Gasteiger partial charge in [0.05, 0.1) is 0 Å². The Kier molecular flexibility index (Phi) is 4.98. The summed E-state index contributed by atoms with van der Waals surface area (Å²) >= 11 is 13.8. The van der Waals surface area contributed by atoms with Crippen LogP contribution >= 0.6 is 35.0 Å². The average Bonchev–Trinajstić information content (AvgIpc) is 3.26. The van der Waals surface area contributed by atoms with Gasteiger partial charge in [0, 0.05) is 27.9 Å². The molecule has 0 fully saturated rings. The Morgan fingerprint density at radius 2 is 1.92 bits per heavy atom. The monoisotopic (exact) mass is 407 g/mol. The molecule has 4 rings (SSSR count). The highest BCUT2D eigenvalue weighted by Gasteiger charge is 2.18. The minimum absolute atomic E-state index is 0.252. The number of ether oxygens (including phenoxy) is 2. The molecule has 26 heavy (non-hydrogen) atoms. The third-order valence-corrected chi connectivity index (χ3v) is 5.64. The molecule has 0 saturated heterocycles. The minimum Gasteiger partial charge on any atom is -0.454 e. The molecule has 134 valence electrons. The van der Waals surface area contributed by atoms with E-state index in [2.05, 4.69) is 21.7 Å². The van der Waals surface area contributed by atoms with Crippen molar-refractivity contribution in [2.45, 2.75) is 24.4 Å². The molecule has 0 bridgehead atoms. The second-order valence-corrected chi connectivity index (χ2v) is 7.43. The fourth-order valence-corrected chi connectivity index (χ4v) is 4.27. The van der Waals surface area contributed by atoms with Gasteiger partial charge in [-0.3, -0.25) is 0 Å². The first-order chi connectivity index (χ1) is 12.7. The fourth-order valence-electron chi connectivity index (χ4n) is 2.71. The molecule has 2 heterocycles. The van der Waals surface area contributed by atoms with E-state index in [4.69, 9.17) is 32.7 Å². The molecule has 0 unspecified atom stereocenters. The number of hydrogen-bond acceptors (Lipinski definition) is 5. The van der Waals surface area contributed by atoms with E-state index in [1.165, 1.54) is 0 Å². The van der Waals surface area contributed by atoms with E-state index < -0.39 is 0 Å². The largest absolute Gasteiger partial charge is 0.454 e. The summed E-state index contributed by atoms with van der Waals surface area (Å²) in [7, 11) is 0. The van der Waals surface area contributed by atoms with Gasteiger partial charge < -0.3 is 14.0 Å². The predicted octanol–water partition coefficient (Wildman–Crippen LogP) is 5.29. The van der Waals surface area contributed by atoms with Crippen LogP contribution in [0.4, 0.5) is 0 Å². The Morgan fingerprint density at radius 1 is 1.08 bits per heavy atom. The van der Waals surface area contributed by atoms with Crippen LogP contribution in [0.25, 0.3) is 11.4 Å². The molecule has 0 saturated carbocycles. The zero-order valence-corrected chi connectivity index (χ0v) is 16.2. The van der Waals surface area contributed by atoms with Crippen LogP contribution in [-0.4, -0.2) is 21.6 Å². The van der Waals surface area contributed by atoms with E-state index >= 15 is 0 Å². The first-order valence-corrected chi connectivity index (χ1v) is 9.80. The molecule has 1 aliphatic rings. The third kappa shape index (κ3) is 3.37. The van der Waals surface area contributed by atoms with E-state index in [-0.39, 0.29) is 6.79 Å². The van der Waals surface area contributed by atoms with Crippen LogP contribution in [0.5, 0.6) is 11.5 Å². The van der Waals surface area contributed by atoms with Crippen LogP contribution in [0.1, 0.15) is 12.5 Å². The number of thioether (sulfide) groups is 1.